The van der Waals surface area contributed by atoms with Crippen molar-refractivity contribution >= 4 is 17.7 Å². The van der Waals surface area contributed by atoms with E-state index in [-0.39, 0.29) is 36.3 Å². The molecule has 2 rings (SSSR count). The van der Waals surface area contributed by atoms with Crippen LogP contribution in [-0.2, 0) is 23.9 Å². The highest BCUT2D eigenvalue weighted by molar-refractivity contribution is 5.98. The Balaban J connectivity index is 2.01. The van der Waals surface area contributed by atoms with Crippen LogP contribution in [0, 0.1) is 5.92 Å². The maximum atomic E-state index is 13.1. The number of carbonyl (C=O) groups excluding carboxylic acids is 3. The van der Waals surface area contributed by atoms with Gasteiger partial charge in [0, 0.05) is 26.6 Å². The first-order chi connectivity index (χ1) is 15.8. The van der Waals surface area contributed by atoms with Crippen LogP contribution >= 0.6 is 0 Å². The minimum Gasteiger partial charge on any atom is -0.463 e. The van der Waals surface area contributed by atoms with Crippen molar-refractivity contribution in [2.45, 2.75) is 76.8 Å². The Bertz CT molecular complexity index is 648. The number of hydrogen-bond acceptors (Lipinski definition) is 7. The SMILES string of the molecule is CCCCCN(C)C1(COC(=O)C(C)C(=O)CCOC)CCN(C(=O)C2CCCN2C)CC1. The molecular weight excluding hydrogens is 422 g/mol. The number of ether oxygens (including phenoxy) is 2. The Kier molecular flexibility index (Phi) is 11.3. The van der Waals surface area contributed by atoms with Crippen molar-refractivity contribution in [1.82, 2.24) is 14.7 Å². The molecule has 0 spiro atoms. The number of methoxy groups -OCH3 is 1. The molecule has 2 fully saturated rings. The van der Waals surface area contributed by atoms with Crippen LogP contribution < -0.4 is 0 Å². The average molecular weight is 468 g/mol. The van der Waals surface area contributed by atoms with Crippen LogP contribution in [-0.4, -0.2) is 105 Å². The van der Waals surface area contributed by atoms with Crippen molar-refractivity contribution in [1.29, 1.82) is 0 Å². The zero-order valence-electron chi connectivity index (χ0n) is 21.4. The summed E-state index contributed by atoms with van der Waals surface area (Å²) in [4.78, 5) is 44.4. The van der Waals surface area contributed by atoms with Crippen LogP contribution in [0.3, 0.4) is 0 Å². The standard InChI is InChI=1S/C25H45N3O5/c1-6-7-8-15-27(4)25(19-33-24(31)20(2)22(29)11-18-32-5)12-16-28(17-13-25)23(30)21-10-9-14-26(21)3/h20-21H,6-19H2,1-5H3. The molecule has 0 aromatic rings. The van der Waals surface area contributed by atoms with Gasteiger partial charge in [-0.15, -0.1) is 0 Å². The molecule has 2 saturated heterocycles. The van der Waals surface area contributed by atoms with Gasteiger partial charge in [-0.2, -0.15) is 0 Å². The Morgan fingerprint density at radius 2 is 1.85 bits per heavy atom. The summed E-state index contributed by atoms with van der Waals surface area (Å²) in [6.45, 7) is 7.59. The van der Waals surface area contributed by atoms with Crippen LogP contribution in [0.15, 0.2) is 0 Å². The Hall–Kier alpha value is -1.51. The highest BCUT2D eigenvalue weighted by Gasteiger charge is 2.42. The first kappa shape index (κ1) is 27.7. The van der Waals surface area contributed by atoms with Gasteiger partial charge in [0.2, 0.25) is 5.91 Å². The van der Waals surface area contributed by atoms with E-state index in [9.17, 15) is 14.4 Å². The monoisotopic (exact) mass is 467 g/mol. The first-order valence-corrected chi connectivity index (χ1v) is 12.6. The lowest BCUT2D eigenvalue weighted by molar-refractivity contribution is -0.158. The molecule has 0 N–H and O–H groups in total. The predicted molar refractivity (Wildman–Crippen MR) is 128 cm³/mol. The highest BCUT2D eigenvalue weighted by atomic mass is 16.5. The summed E-state index contributed by atoms with van der Waals surface area (Å²) in [5.41, 5.74) is -0.308. The number of rotatable bonds is 13. The zero-order chi connectivity index (χ0) is 24.4. The molecular formula is C25H45N3O5. The molecule has 2 heterocycles. The molecule has 0 saturated carbocycles. The van der Waals surface area contributed by atoms with E-state index in [4.69, 9.17) is 9.47 Å². The fraction of sp³-hybridized carbons (Fsp3) is 0.880. The minimum absolute atomic E-state index is 0.00317. The number of likely N-dealkylation sites (tertiary alicyclic amines) is 2. The lowest BCUT2D eigenvalue weighted by Gasteiger charge is -2.47. The molecule has 2 aliphatic heterocycles. The zero-order valence-corrected chi connectivity index (χ0v) is 21.4. The van der Waals surface area contributed by atoms with Gasteiger partial charge in [-0.1, -0.05) is 19.8 Å². The van der Waals surface area contributed by atoms with Crippen molar-refractivity contribution in [3.05, 3.63) is 0 Å². The fourth-order valence-corrected chi connectivity index (χ4v) is 4.93. The van der Waals surface area contributed by atoms with Gasteiger partial charge in [-0.25, -0.2) is 0 Å². The van der Waals surface area contributed by atoms with Crippen molar-refractivity contribution in [2.24, 2.45) is 5.92 Å². The van der Waals surface area contributed by atoms with E-state index in [1.807, 2.05) is 11.9 Å². The Labute approximate surface area is 199 Å². The molecule has 33 heavy (non-hydrogen) atoms. The van der Waals surface area contributed by atoms with Gasteiger partial charge >= 0.3 is 5.97 Å². The second kappa shape index (κ2) is 13.4. The Morgan fingerprint density at radius 1 is 1.15 bits per heavy atom. The van der Waals surface area contributed by atoms with Crippen LogP contribution in [0.25, 0.3) is 0 Å². The average Bonchev–Trinajstić information content (AvgIpc) is 3.26. The van der Waals surface area contributed by atoms with E-state index in [1.54, 1.807) is 6.92 Å². The number of carbonyl (C=O) groups is 3. The summed E-state index contributed by atoms with van der Waals surface area (Å²) >= 11 is 0. The summed E-state index contributed by atoms with van der Waals surface area (Å²) < 4.78 is 10.7. The van der Waals surface area contributed by atoms with Crippen molar-refractivity contribution in [3.8, 4) is 0 Å². The third kappa shape index (κ3) is 7.49. The quantitative estimate of drug-likeness (QED) is 0.234. The van der Waals surface area contributed by atoms with E-state index in [2.05, 4.69) is 23.8 Å². The summed E-state index contributed by atoms with van der Waals surface area (Å²) in [5.74, 6) is -1.19. The van der Waals surface area contributed by atoms with Gasteiger partial charge in [0.25, 0.3) is 0 Å². The maximum absolute atomic E-state index is 13.1. The lowest BCUT2D eigenvalue weighted by atomic mass is 9.86. The molecule has 0 radical (unpaired) electrons. The summed E-state index contributed by atoms with van der Waals surface area (Å²) in [6, 6.07) is -0.00317. The third-order valence-corrected chi connectivity index (χ3v) is 7.59. The maximum Gasteiger partial charge on any atom is 0.316 e. The Morgan fingerprint density at radius 3 is 2.42 bits per heavy atom. The van der Waals surface area contributed by atoms with Crippen molar-refractivity contribution < 1.29 is 23.9 Å². The number of likely N-dealkylation sites (N-methyl/N-ethyl adjacent to an activating group) is 2. The molecule has 0 aliphatic carbocycles. The van der Waals surface area contributed by atoms with Crippen molar-refractivity contribution in [2.75, 3.05) is 60.6 Å². The van der Waals surface area contributed by atoms with Gasteiger partial charge in [0.05, 0.1) is 18.2 Å². The van der Waals surface area contributed by atoms with E-state index in [0.717, 1.165) is 58.0 Å². The van der Waals surface area contributed by atoms with Gasteiger partial charge in [0.1, 0.15) is 18.3 Å². The summed E-state index contributed by atoms with van der Waals surface area (Å²) in [6.07, 6.45) is 7.13. The predicted octanol–water partition coefficient (Wildman–Crippen LogP) is 2.35. The largest absolute Gasteiger partial charge is 0.463 e. The molecule has 0 aromatic carbocycles. The number of Topliss-reactive ketones (excluding diaryl/α,β-unsaturated/α-hetero) is 1. The molecule has 2 atom stereocenters. The fourth-order valence-electron chi connectivity index (χ4n) is 4.93. The third-order valence-electron chi connectivity index (χ3n) is 7.59. The topological polar surface area (TPSA) is 79.4 Å². The number of ketones is 1. The van der Waals surface area contributed by atoms with Gasteiger partial charge in [-0.3, -0.25) is 24.2 Å². The molecule has 0 aromatic heterocycles. The van der Waals surface area contributed by atoms with E-state index < -0.39 is 11.9 Å². The number of hydrogen-bond donors (Lipinski definition) is 0. The molecule has 2 aliphatic rings. The number of esters is 1. The first-order valence-electron chi connectivity index (χ1n) is 12.6. The number of nitrogens with zero attached hydrogens (tertiary/aromatic N) is 3. The van der Waals surface area contributed by atoms with E-state index >= 15 is 0 Å². The van der Waals surface area contributed by atoms with Gasteiger partial charge in [-0.05, 0) is 66.2 Å². The molecule has 8 heteroatoms. The molecule has 190 valence electrons. The molecule has 2 unspecified atom stereocenters. The second-order valence-corrected chi connectivity index (χ2v) is 9.86. The van der Waals surface area contributed by atoms with Gasteiger partial charge < -0.3 is 14.4 Å². The molecule has 0 bridgehead atoms. The summed E-state index contributed by atoms with van der Waals surface area (Å²) in [7, 11) is 5.66. The van der Waals surface area contributed by atoms with Gasteiger partial charge in [0.15, 0.2) is 0 Å². The molecule has 8 nitrogen and oxygen atoms in total. The van der Waals surface area contributed by atoms with Crippen molar-refractivity contribution in [3.63, 3.8) is 0 Å². The smallest absolute Gasteiger partial charge is 0.316 e. The van der Waals surface area contributed by atoms with E-state index in [0.29, 0.717) is 19.7 Å². The highest BCUT2D eigenvalue weighted by Crippen LogP contribution is 2.31. The van der Waals surface area contributed by atoms with E-state index in [1.165, 1.54) is 7.11 Å². The second-order valence-electron chi connectivity index (χ2n) is 9.86. The number of piperidine rings is 1. The van der Waals surface area contributed by atoms with Crippen LogP contribution in [0.1, 0.15) is 65.2 Å². The minimum atomic E-state index is -0.790. The number of amides is 1. The summed E-state index contributed by atoms with van der Waals surface area (Å²) in [5, 5.41) is 0. The lowest BCUT2D eigenvalue weighted by Crippen LogP contribution is -2.59. The van der Waals surface area contributed by atoms with Crippen LogP contribution in [0.4, 0.5) is 0 Å². The molecule has 1 amide bonds. The normalized spacial score (nSPS) is 21.9. The number of unbranched alkanes of at least 4 members (excludes halogenated alkanes) is 2. The van der Waals surface area contributed by atoms with Crippen LogP contribution in [0.2, 0.25) is 0 Å². The van der Waals surface area contributed by atoms with Crippen LogP contribution in [0.5, 0.6) is 0 Å².